The molecule has 134 valence electrons. The normalized spacial score (nSPS) is 10.7. The first-order valence-corrected chi connectivity index (χ1v) is 9.86. The first-order chi connectivity index (χ1) is 12.6. The van der Waals surface area contributed by atoms with Crippen molar-refractivity contribution < 1.29 is 14.6 Å². The standard InChI is InChI=1S/C19H18N2O3S2/c1-2-25-14-6-4-13(5-7-14)24-10-18-21-16(11-26-18)12-3-8-15(19(20)23)17(22)9-12/h3-9,11,22H,2,10H2,1H3,(H2,20,23). The maximum absolute atomic E-state index is 11.2. The van der Waals surface area contributed by atoms with Crippen LogP contribution in [0.5, 0.6) is 11.5 Å². The van der Waals surface area contributed by atoms with E-state index in [0.717, 1.165) is 27.8 Å². The van der Waals surface area contributed by atoms with E-state index in [1.165, 1.54) is 28.4 Å². The minimum Gasteiger partial charge on any atom is -0.507 e. The van der Waals surface area contributed by atoms with Crippen LogP contribution in [0.4, 0.5) is 0 Å². The maximum Gasteiger partial charge on any atom is 0.252 e. The third kappa shape index (κ3) is 4.36. The Morgan fingerprint density at radius 2 is 2.04 bits per heavy atom. The maximum atomic E-state index is 11.2. The molecule has 1 heterocycles. The molecule has 0 atom stereocenters. The van der Waals surface area contributed by atoms with Crippen molar-refractivity contribution in [3.05, 3.63) is 58.4 Å². The number of phenols is 1. The lowest BCUT2D eigenvalue weighted by atomic mass is 10.1. The highest BCUT2D eigenvalue weighted by Gasteiger charge is 2.11. The van der Waals surface area contributed by atoms with Crippen molar-refractivity contribution in [2.24, 2.45) is 5.73 Å². The van der Waals surface area contributed by atoms with Crippen molar-refractivity contribution in [3.63, 3.8) is 0 Å². The number of primary amides is 1. The zero-order valence-electron chi connectivity index (χ0n) is 14.1. The van der Waals surface area contributed by atoms with Crippen LogP contribution in [0.25, 0.3) is 11.3 Å². The second-order valence-corrected chi connectivity index (χ2v) is 7.70. The summed E-state index contributed by atoms with van der Waals surface area (Å²) in [6, 6.07) is 12.7. The quantitative estimate of drug-likeness (QED) is 0.591. The van der Waals surface area contributed by atoms with Crippen molar-refractivity contribution in [1.82, 2.24) is 4.98 Å². The average Bonchev–Trinajstić information content (AvgIpc) is 3.10. The largest absolute Gasteiger partial charge is 0.507 e. The van der Waals surface area contributed by atoms with E-state index in [9.17, 15) is 9.90 Å². The van der Waals surface area contributed by atoms with Crippen LogP contribution in [-0.2, 0) is 6.61 Å². The van der Waals surface area contributed by atoms with E-state index >= 15 is 0 Å². The molecule has 0 bridgehead atoms. The molecule has 0 aliphatic carbocycles. The van der Waals surface area contributed by atoms with Crippen LogP contribution >= 0.6 is 23.1 Å². The fourth-order valence-electron chi connectivity index (χ4n) is 2.35. The molecule has 0 saturated carbocycles. The smallest absolute Gasteiger partial charge is 0.252 e. The third-order valence-electron chi connectivity index (χ3n) is 3.61. The number of thioether (sulfide) groups is 1. The molecule has 5 nitrogen and oxygen atoms in total. The minimum atomic E-state index is -0.662. The van der Waals surface area contributed by atoms with Gasteiger partial charge in [0.2, 0.25) is 0 Å². The number of hydrogen-bond donors (Lipinski definition) is 2. The van der Waals surface area contributed by atoms with Gasteiger partial charge in [-0.2, -0.15) is 0 Å². The Balaban J connectivity index is 1.66. The fraction of sp³-hybridized carbons (Fsp3) is 0.158. The number of amides is 1. The van der Waals surface area contributed by atoms with Gasteiger partial charge < -0.3 is 15.6 Å². The van der Waals surface area contributed by atoms with Gasteiger partial charge in [-0.1, -0.05) is 13.0 Å². The number of benzene rings is 2. The summed E-state index contributed by atoms with van der Waals surface area (Å²) in [7, 11) is 0. The van der Waals surface area contributed by atoms with Crippen molar-refractivity contribution in [2.75, 3.05) is 5.75 Å². The van der Waals surface area contributed by atoms with Crippen molar-refractivity contribution in [1.29, 1.82) is 0 Å². The number of aromatic nitrogens is 1. The number of thiazole rings is 1. The summed E-state index contributed by atoms with van der Waals surface area (Å²) in [5, 5.41) is 12.6. The summed E-state index contributed by atoms with van der Waals surface area (Å²) in [4.78, 5) is 16.9. The average molecular weight is 386 g/mol. The van der Waals surface area contributed by atoms with Gasteiger partial charge in [-0.3, -0.25) is 4.79 Å². The highest BCUT2D eigenvalue weighted by molar-refractivity contribution is 7.99. The zero-order valence-corrected chi connectivity index (χ0v) is 15.8. The molecular weight excluding hydrogens is 368 g/mol. The highest BCUT2D eigenvalue weighted by atomic mass is 32.2. The molecule has 0 saturated heterocycles. The molecule has 3 N–H and O–H groups in total. The summed E-state index contributed by atoms with van der Waals surface area (Å²) in [6.45, 7) is 2.49. The van der Waals surface area contributed by atoms with Gasteiger partial charge in [0, 0.05) is 15.8 Å². The number of carbonyl (C=O) groups excluding carboxylic acids is 1. The molecule has 7 heteroatoms. The molecule has 0 aliphatic heterocycles. The molecule has 26 heavy (non-hydrogen) atoms. The Bertz CT molecular complexity index is 907. The van der Waals surface area contributed by atoms with E-state index < -0.39 is 5.91 Å². The predicted octanol–water partition coefficient (Wildman–Crippen LogP) is 4.31. The Kier molecular flexibility index (Phi) is 5.80. The van der Waals surface area contributed by atoms with Crippen LogP contribution in [0, 0.1) is 0 Å². The molecule has 3 aromatic rings. The van der Waals surface area contributed by atoms with E-state index in [1.807, 2.05) is 29.6 Å². The number of aromatic hydroxyl groups is 1. The monoisotopic (exact) mass is 386 g/mol. The van der Waals surface area contributed by atoms with Gasteiger partial charge in [0.25, 0.3) is 5.91 Å². The van der Waals surface area contributed by atoms with Gasteiger partial charge in [-0.05, 0) is 42.2 Å². The van der Waals surface area contributed by atoms with E-state index in [1.54, 1.807) is 17.8 Å². The molecule has 0 unspecified atom stereocenters. The van der Waals surface area contributed by atoms with Crippen LogP contribution in [0.1, 0.15) is 22.3 Å². The first-order valence-electron chi connectivity index (χ1n) is 8.00. The molecule has 1 amide bonds. The summed E-state index contributed by atoms with van der Waals surface area (Å²) >= 11 is 3.27. The van der Waals surface area contributed by atoms with Crippen LogP contribution in [0.15, 0.2) is 52.7 Å². The second-order valence-electron chi connectivity index (χ2n) is 5.42. The molecule has 0 radical (unpaired) electrons. The van der Waals surface area contributed by atoms with Crippen LogP contribution in [0.3, 0.4) is 0 Å². The fourth-order valence-corrected chi connectivity index (χ4v) is 3.73. The SMILES string of the molecule is CCSc1ccc(OCc2nc(-c3ccc(C(N)=O)c(O)c3)cs2)cc1. The zero-order chi connectivity index (χ0) is 18.5. The topological polar surface area (TPSA) is 85.4 Å². The van der Waals surface area contributed by atoms with E-state index in [-0.39, 0.29) is 11.3 Å². The first kappa shape index (κ1) is 18.3. The summed E-state index contributed by atoms with van der Waals surface area (Å²) in [5.74, 6) is 1.03. The molecule has 0 spiro atoms. The van der Waals surface area contributed by atoms with Gasteiger partial charge in [0.15, 0.2) is 0 Å². The Labute approximate surface area is 159 Å². The molecular formula is C19H18N2O3S2. The summed E-state index contributed by atoms with van der Waals surface area (Å²) in [5.41, 5.74) is 6.73. The number of ether oxygens (including phenoxy) is 1. The molecule has 0 aliphatic rings. The van der Waals surface area contributed by atoms with Crippen LogP contribution < -0.4 is 10.5 Å². The van der Waals surface area contributed by atoms with Gasteiger partial charge in [0.1, 0.15) is 23.1 Å². The lowest BCUT2D eigenvalue weighted by Crippen LogP contribution is -2.10. The van der Waals surface area contributed by atoms with E-state index in [2.05, 4.69) is 11.9 Å². The number of carbonyl (C=O) groups is 1. The number of rotatable bonds is 7. The van der Waals surface area contributed by atoms with Crippen LogP contribution in [-0.4, -0.2) is 21.8 Å². The third-order valence-corrected chi connectivity index (χ3v) is 5.32. The Morgan fingerprint density at radius 3 is 2.69 bits per heavy atom. The van der Waals surface area contributed by atoms with Crippen molar-refractivity contribution >= 4 is 29.0 Å². The highest BCUT2D eigenvalue weighted by Crippen LogP contribution is 2.28. The van der Waals surface area contributed by atoms with Gasteiger partial charge >= 0.3 is 0 Å². The van der Waals surface area contributed by atoms with E-state index in [4.69, 9.17) is 10.5 Å². The van der Waals surface area contributed by atoms with Gasteiger partial charge in [0.05, 0.1) is 11.3 Å². The van der Waals surface area contributed by atoms with Gasteiger partial charge in [-0.15, -0.1) is 23.1 Å². The molecule has 2 aromatic carbocycles. The second kappa shape index (κ2) is 8.25. The number of nitrogens with two attached hydrogens (primary N) is 1. The van der Waals surface area contributed by atoms with Crippen molar-refractivity contribution in [3.8, 4) is 22.8 Å². The van der Waals surface area contributed by atoms with Crippen molar-refractivity contribution in [2.45, 2.75) is 18.4 Å². The Hall–Kier alpha value is -2.51. The molecule has 1 aromatic heterocycles. The van der Waals surface area contributed by atoms with Gasteiger partial charge in [-0.25, -0.2) is 4.98 Å². The summed E-state index contributed by atoms with van der Waals surface area (Å²) in [6.07, 6.45) is 0. The molecule has 0 fully saturated rings. The number of nitrogens with zero attached hydrogens (tertiary/aromatic N) is 1. The predicted molar refractivity (Wildman–Crippen MR) is 105 cm³/mol. The lowest BCUT2D eigenvalue weighted by molar-refractivity contribution is 0.0998. The summed E-state index contributed by atoms with van der Waals surface area (Å²) < 4.78 is 5.78. The lowest BCUT2D eigenvalue weighted by Gasteiger charge is -2.05. The minimum absolute atomic E-state index is 0.0946. The number of hydrogen-bond acceptors (Lipinski definition) is 6. The molecule has 3 rings (SSSR count). The van der Waals surface area contributed by atoms with E-state index in [0.29, 0.717) is 6.61 Å². The Morgan fingerprint density at radius 1 is 1.27 bits per heavy atom. The van der Waals surface area contributed by atoms with Crippen LogP contribution in [0.2, 0.25) is 0 Å².